The molecular formula is C16H15BrN4O3S. The third kappa shape index (κ3) is 4.12. The number of imide groups is 1. The Hall–Kier alpha value is -2.10. The molecule has 0 bridgehead atoms. The molecule has 3 rings (SSSR count). The molecule has 2 aromatic rings. The molecule has 0 radical (unpaired) electrons. The van der Waals surface area contributed by atoms with Gasteiger partial charge in [-0.3, -0.25) is 19.8 Å². The highest BCUT2D eigenvalue weighted by Crippen LogP contribution is 2.24. The second-order valence-electron chi connectivity index (χ2n) is 5.53. The fourth-order valence-electron chi connectivity index (χ4n) is 2.47. The van der Waals surface area contributed by atoms with E-state index in [-0.39, 0.29) is 24.7 Å². The molecule has 25 heavy (non-hydrogen) atoms. The van der Waals surface area contributed by atoms with Gasteiger partial charge in [-0.05, 0) is 31.2 Å². The van der Waals surface area contributed by atoms with Gasteiger partial charge in [0.05, 0.1) is 29.2 Å². The summed E-state index contributed by atoms with van der Waals surface area (Å²) in [5, 5.41) is 2.70. The molecule has 2 heterocycles. The number of nitrogens with one attached hydrogen (secondary N) is 2. The highest BCUT2D eigenvalue weighted by atomic mass is 79.9. The van der Waals surface area contributed by atoms with Crippen molar-refractivity contribution in [2.45, 2.75) is 25.8 Å². The number of hydrogen-bond acceptors (Lipinski definition) is 6. The minimum absolute atomic E-state index is 0.00894. The van der Waals surface area contributed by atoms with Crippen molar-refractivity contribution in [3.63, 3.8) is 0 Å². The van der Waals surface area contributed by atoms with Crippen LogP contribution in [0.25, 0.3) is 0 Å². The van der Waals surface area contributed by atoms with Crippen molar-refractivity contribution in [2.75, 3.05) is 4.90 Å². The molecule has 1 unspecified atom stereocenters. The summed E-state index contributed by atoms with van der Waals surface area (Å²) in [5.74, 6) is -1.01. The summed E-state index contributed by atoms with van der Waals surface area (Å²) in [6.45, 7) is 1.86. The molecule has 0 spiro atoms. The monoisotopic (exact) mass is 422 g/mol. The molecule has 1 saturated heterocycles. The van der Waals surface area contributed by atoms with Crippen LogP contribution >= 0.6 is 27.3 Å². The smallest absolute Gasteiger partial charge is 0.253 e. The van der Waals surface area contributed by atoms with Crippen LogP contribution in [0.15, 0.2) is 34.1 Å². The average Bonchev–Trinajstić information content (AvgIpc) is 3.09. The number of hydrogen-bond donors (Lipinski definition) is 2. The fourth-order valence-corrected chi connectivity index (χ4v) is 3.35. The van der Waals surface area contributed by atoms with Gasteiger partial charge in [0.15, 0.2) is 0 Å². The van der Waals surface area contributed by atoms with Crippen molar-refractivity contribution < 1.29 is 14.4 Å². The van der Waals surface area contributed by atoms with E-state index in [9.17, 15) is 14.4 Å². The molecular weight excluding hydrogens is 408 g/mol. The quantitative estimate of drug-likeness (QED) is 0.565. The minimum Gasteiger partial charge on any atom is -0.290 e. The van der Waals surface area contributed by atoms with E-state index in [1.165, 1.54) is 11.3 Å². The van der Waals surface area contributed by atoms with Gasteiger partial charge in [-0.1, -0.05) is 15.9 Å². The molecule has 3 amide bonds. The Morgan fingerprint density at radius 1 is 1.36 bits per heavy atom. The van der Waals surface area contributed by atoms with Crippen LogP contribution in [0.4, 0.5) is 5.69 Å². The standard InChI is InChI=1S/C16H15BrN4O3S/c1-9-18-11(8-25-9)6-14(22)20-19-13-7-15(23)21(16(13)24)12-4-2-10(17)3-5-12/h2-5,8,13,19H,6-7H2,1H3,(H,20,22). The lowest BCUT2D eigenvalue weighted by molar-refractivity contribution is -0.122. The van der Waals surface area contributed by atoms with Gasteiger partial charge >= 0.3 is 0 Å². The van der Waals surface area contributed by atoms with E-state index in [1.807, 2.05) is 12.3 Å². The highest BCUT2D eigenvalue weighted by molar-refractivity contribution is 9.10. The summed E-state index contributed by atoms with van der Waals surface area (Å²) >= 11 is 4.78. The van der Waals surface area contributed by atoms with Crippen molar-refractivity contribution in [1.82, 2.24) is 15.8 Å². The topological polar surface area (TPSA) is 91.4 Å². The van der Waals surface area contributed by atoms with Gasteiger partial charge in [-0.2, -0.15) is 0 Å². The van der Waals surface area contributed by atoms with Gasteiger partial charge in [-0.15, -0.1) is 11.3 Å². The van der Waals surface area contributed by atoms with E-state index < -0.39 is 11.9 Å². The van der Waals surface area contributed by atoms with Gasteiger partial charge in [0.2, 0.25) is 11.8 Å². The number of nitrogens with zero attached hydrogens (tertiary/aromatic N) is 2. The lowest BCUT2D eigenvalue weighted by Gasteiger charge is -2.16. The van der Waals surface area contributed by atoms with E-state index in [1.54, 1.807) is 24.3 Å². The van der Waals surface area contributed by atoms with Gasteiger partial charge in [0, 0.05) is 9.85 Å². The van der Waals surface area contributed by atoms with E-state index in [0.29, 0.717) is 11.4 Å². The van der Waals surface area contributed by atoms with Crippen molar-refractivity contribution in [1.29, 1.82) is 0 Å². The molecule has 2 N–H and O–H groups in total. The Morgan fingerprint density at radius 3 is 2.72 bits per heavy atom. The maximum Gasteiger partial charge on any atom is 0.253 e. The van der Waals surface area contributed by atoms with Gasteiger partial charge in [0.25, 0.3) is 5.91 Å². The zero-order valence-electron chi connectivity index (χ0n) is 13.3. The van der Waals surface area contributed by atoms with Crippen LogP contribution in [-0.4, -0.2) is 28.7 Å². The zero-order chi connectivity index (χ0) is 18.0. The number of aryl methyl sites for hydroxylation is 1. The Balaban J connectivity index is 1.58. The number of amides is 3. The van der Waals surface area contributed by atoms with E-state index in [2.05, 4.69) is 31.8 Å². The lowest BCUT2D eigenvalue weighted by atomic mass is 10.2. The first kappa shape index (κ1) is 17.7. The number of hydrazine groups is 1. The first-order valence-corrected chi connectivity index (χ1v) is 9.19. The van der Waals surface area contributed by atoms with Gasteiger partial charge in [0.1, 0.15) is 6.04 Å². The SMILES string of the molecule is Cc1nc(CC(=O)NNC2CC(=O)N(c3ccc(Br)cc3)C2=O)cs1. The van der Waals surface area contributed by atoms with Crippen LogP contribution in [-0.2, 0) is 20.8 Å². The number of thiazole rings is 1. The first-order chi connectivity index (χ1) is 11.9. The maximum absolute atomic E-state index is 12.4. The predicted molar refractivity (Wildman–Crippen MR) is 96.9 cm³/mol. The summed E-state index contributed by atoms with van der Waals surface area (Å²) in [5.41, 5.74) is 6.32. The van der Waals surface area contributed by atoms with Crippen molar-refractivity contribution in [3.8, 4) is 0 Å². The fraction of sp³-hybridized carbons (Fsp3) is 0.250. The number of halogens is 1. The number of aromatic nitrogens is 1. The van der Waals surface area contributed by atoms with Crippen molar-refractivity contribution in [2.24, 2.45) is 0 Å². The third-order valence-corrected chi connectivity index (χ3v) is 4.98. The molecule has 7 nitrogen and oxygen atoms in total. The largest absolute Gasteiger partial charge is 0.290 e. The number of carbonyl (C=O) groups excluding carboxylic acids is 3. The molecule has 1 atom stereocenters. The second kappa shape index (κ2) is 7.42. The zero-order valence-corrected chi connectivity index (χ0v) is 15.7. The van der Waals surface area contributed by atoms with Crippen LogP contribution in [0, 0.1) is 6.92 Å². The van der Waals surface area contributed by atoms with Crippen LogP contribution in [0.3, 0.4) is 0 Å². The normalized spacial score (nSPS) is 17.2. The second-order valence-corrected chi connectivity index (χ2v) is 7.51. The summed E-state index contributed by atoms with van der Waals surface area (Å²) in [6, 6.07) is 6.11. The molecule has 9 heteroatoms. The van der Waals surface area contributed by atoms with Gasteiger partial charge in [-0.25, -0.2) is 15.3 Å². The molecule has 130 valence electrons. The molecule has 0 aliphatic carbocycles. The molecule has 1 aliphatic heterocycles. The van der Waals surface area contributed by atoms with E-state index in [0.717, 1.165) is 14.4 Å². The Morgan fingerprint density at radius 2 is 2.08 bits per heavy atom. The molecule has 1 fully saturated rings. The summed E-state index contributed by atoms with van der Waals surface area (Å²) in [4.78, 5) is 41.9. The lowest BCUT2D eigenvalue weighted by Crippen LogP contribution is -2.48. The van der Waals surface area contributed by atoms with E-state index >= 15 is 0 Å². The Labute approximate surface area is 156 Å². The molecule has 1 aromatic carbocycles. The van der Waals surface area contributed by atoms with Crippen molar-refractivity contribution >= 4 is 50.7 Å². The highest BCUT2D eigenvalue weighted by Gasteiger charge is 2.39. The predicted octanol–water partition coefficient (Wildman–Crippen LogP) is 1.71. The number of benzene rings is 1. The first-order valence-electron chi connectivity index (χ1n) is 7.52. The number of rotatable bonds is 5. The number of carbonyl (C=O) groups is 3. The third-order valence-electron chi connectivity index (χ3n) is 3.63. The van der Waals surface area contributed by atoms with Crippen LogP contribution in [0.1, 0.15) is 17.1 Å². The van der Waals surface area contributed by atoms with Crippen molar-refractivity contribution in [3.05, 3.63) is 44.8 Å². The minimum atomic E-state index is -0.780. The summed E-state index contributed by atoms with van der Waals surface area (Å²) in [7, 11) is 0. The average molecular weight is 423 g/mol. The Kier molecular flexibility index (Phi) is 5.26. The Bertz CT molecular complexity index is 821. The summed E-state index contributed by atoms with van der Waals surface area (Å²) < 4.78 is 0.856. The van der Waals surface area contributed by atoms with Crippen LogP contribution in [0.5, 0.6) is 0 Å². The summed E-state index contributed by atoms with van der Waals surface area (Å²) in [6.07, 6.45) is 0.105. The molecule has 0 saturated carbocycles. The molecule has 1 aromatic heterocycles. The van der Waals surface area contributed by atoms with Crippen LogP contribution < -0.4 is 15.8 Å². The maximum atomic E-state index is 12.4. The molecule has 1 aliphatic rings. The van der Waals surface area contributed by atoms with Gasteiger partial charge < -0.3 is 0 Å². The van der Waals surface area contributed by atoms with Crippen LogP contribution in [0.2, 0.25) is 0 Å². The van der Waals surface area contributed by atoms with E-state index in [4.69, 9.17) is 0 Å². The number of anilines is 1.